The average molecular weight is 485 g/mol. The third-order valence-electron chi connectivity index (χ3n) is 6.21. The van der Waals surface area contributed by atoms with Crippen molar-refractivity contribution in [3.8, 4) is 17.1 Å². The third-order valence-corrected chi connectivity index (χ3v) is 6.21. The van der Waals surface area contributed by atoms with E-state index in [0.717, 1.165) is 16.7 Å². The fourth-order valence-corrected chi connectivity index (χ4v) is 4.37. The van der Waals surface area contributed by atoms with Gasteiger partial charge in [0.15, 0.2) is 0 Å². The predicted octanol–water partition coefficient (Wildman–Crippen LogP) is 5.89. The molecule has 182 valence electrons. The molecule has 8 heteroatoms. The maximum absolute atomic E-state index is 14.1. The van der Waals surface area contributed by atoms with Crippen LogP contribution in [0.5, 0.6) is 5.75 Å². The number of rotatable bonds is 6. The van der Waals surface area contributed by atoms with Gasteiger partial charge < -0.3 is 14.6 Å². The molecule has 0 saturated carbocycles. The summed E-state index contributed by atoms with van der Waals surface area (Å²) in [4.78, 5) is 19.5. The van der Waals surface area contributed by atoms with Gasteiger partial charge in [0.1, 0.15) is 11.6 Å². The molecule has 5 rings (SSSR count). The molecule has 1 unspecified atom stereocenters. The largest absolute Gasteiger partial charge is 0.497 e. The Morgan fingerprint density at radius 3 is 2.56 bits per heavy atom. The summed E-state index contributed by atoms with van der Waals surface area (Å²) in [6.07, 6.45) is 0. The van der Waals surface area contributed by atoms with Gasteiger partial charge in [-0.25, -0.2) is 9.18 Å². The summed E-state index contributed by atoms with van der Waals surface area (Å²) in [5, 5.41) is 7.18. The molecule has 4 aromatic rings. The zero-order valence-corrected chi connectivity index (χ0v) is 20.2. The van der Waals surface area contributed by atoms with Gasteiger partial charge in [-0.15, -0.1) is 0 Å². The number of ether oxygens (including phenoxy) is 1. The monoisotopic (exact) mass is 484 g/mol. The van der Waals surface area contributed by atoms with Crippen molar-refractivity contribution in [3.63, 3.8) is 0 Å². The highest BCUT2D eigenvalue weighted by atomic mass is 19.1. The van der Waals surface area contributed by atoms with Crippen molar-refractivity contribution < 1.29 is 18.4 Å². The molecule has 2 heterocycles. The number of halogens is 1. The summed E-state index contributed by atoms with van der Waals surface area (Å²) in [5.74, 6) is 0.967. The molecule has 7 nitrogen and oxygen atoms in total. The molecule has 1 aliphatic heterocycles. The lowest BCUT2D eigenvalue weighted by atomic mass is 9.94. The van der Waals surface area contributed by atoms with Crippen LogP contribution in [-0.4, -0.2) is 28.2 Å². The summed E-state index contributed by atoms with van der Waals surface area (Å²) in [7, 11) is 1.60. The number of nitrogens with one attached hydrogen (secondary N) is 1. The molecule has 0 bridgehead atoms. The van der Waals surface area contributed by atoms with E-state index in [0.29, 0.717) is 35.0 Å². The summed E-state index contributed by atoms with van der Waals surface area (Å²) < 4.78 is 25.1. The highest BCUT2D eigenvalue weighted by molar-refractivity contribution is 5.86. The van der Waals surface area contributed by atoms with Gasteiger partial charge in [-0.1, -0.05) is 47.1 Å². The molecule has 0 spiro atoms. The second-order valence-electron chi connectivity index (χ2n) is 8.66. The normalized spacial score (nSPS) is 15.7. The summed E-state index contributed by atoms with van der Waals surface area (Å²) >= 11 is 0. The van der Waals surface area contributed by atoms with E-state index >= 15 is 0 Å². The lowest BCUT2D eigenvalue weighted by Crippen LogP contribution is -2.45. The van der Waals surface area contributed by atoms with Crippen LogP contribution in [0, 0.1) is 12.7 Å². The molecule has 0 aliphatic carbocycles. The molecule has 3 aromatic carbocycles. The fraction of sp³-hybridized carbons (Fsp3) is 0.179. The van der Waals surface area contributed by atoms with E-state index in [-0.39, 0.29) is 11.9 Å². The van der Waals surface area contributed by atoms with E-state index in [1.54, 1.807) is 24.1 Å². The van der Waals surface area contributed by atoms with Crippen LogP contribution in [0.1, 0.15) is 35.5 Å². The first kappa shape index (κ1) is 23.3. The minimum Gasteiger partial charge on any atom is -0.497 e. The SMILES string of the molecule is COc1ccc(-c2noc(C3=C(C)N(Cc4cccc(C)c4)C(=O)NC3c3cccc(F)c3)n2)cc1. The van der Waals surface area contributed by atoms with Gasteiger partial charge in [0.25, 0.3) is 5.89 Å². The number of aromatic nitrogens is 2. The summed E-state index contributed by atoms with van der Waals surface area (Å²) in [6.45, 7) is 4.21. The highest BCUT2D eigenvalue weighted by Gasteiger charge is 2.36. The number of aryl methyl sites for hydroxylation is 1. The van der Waals surface area contributed by atoms with Crippen molar-refractivity contribution in [3.05, 3.63) is 107 Å². The highest BCUT2D eigenvalue weighted by Crippen LogP contribution is 2.38. The minimum atomic E-state index is -0.661. The van der Waals surface area contributed by atoms with Gasteiger partial charge in [0.05, 0.1) is 25.3 Å². The molecule has 2 amide bonds. The van der Waals surface area contributed by atoms with E-state index in [1.165, 1.54) is 12.1 Å². The third kappa shape index (κ3) is 4.57. The Morgan fingerprint density at radius 1 is 1.06 bits per heavy atom. The first-order valence-electron chi connectivity index (χ1n) is 11.5. The molecule has 1 atom stereocenters. The summed E-state index contributed by atoms with van der Waals surface area (Å²) in [6, 6.07) is 20.5. The van der Waals surface area contributed by atoms with Crippen LogP contribution in [0.25, 0.3) is 17.0 Å². The van der Waals surface area contributed by atoms with Crippen LogP contribution < -0.4 is 10.1 Å². The molecule has 1 aromatic heterocycles. The van der Waals surface area contributed by atoms with Crippen LogP contribution in [-0.2, 0) is 6.54 Å². The standard InChI is InChI=1S/C28H25FN4O3/c1-17-6-4-7-19(14-17)16-33-18(2)24(25(30-28(33)34)21-8-5-9-22(29)15-21)27-31-26(32-36-27)20-10-12-23(35-3)13-11-20/h4-15,25H,16H2,1-3H3,(H,30,34). The number of carbonyl (C=O) groups excluding carboxylic acids is 1. The molecule has 1 aliphatic rings. The van der Waals surface area contributed by atoms with Crippen molar-refractivity contribution >= 4 is 11.6 Å². The summed E-state index contributed by atoms with van der Waals surface area (Å²) in [5.41, 5.74) is 4.68. The molecular formula is C28H25FN4O3. The molecular weight excluding hydrogens is 459 g/mol. The number of hydrogen-bond donors (Lipinski definition) is 1. The lowest BCUT2D eigenvalue weighted by Gasteiger charge is -2.35. The number of amides is 2. The predicted molar refractivity (Wildman–Crippen MR) is 133 cm³/mol. The van der Waals surface area contributed by atoms with E-state index in [4.69, 9.17) is 9.26 Å². The molecule has 0 fully saturated rings. The minimum absolute atomic E-state index is 0.252. The van der Waals surface area contributed by atoms with Crippen LogP contribution in [0.4, 0.5) is 9.18 Å². The fourth-order valence-electron chi connectivity index (χ4n) is 4.37. The van der Waals surface area contributed by atoms with E-state index in [1.807, 2.05) is 62.4 Å². The Bertz CT molecular complexity index is 1450. The molecule has 0 radical (unpaired) electrons. The van der Waals surface area contributed by atoms with Crippen molar-refractivity contribution in [1.29, 1.82) is 0 Å². The molecule has 36 heavy (non-hydrogen) atoms. The van der Waals surface area contributed by atoms with Crippen LogP contribution in [0.15, 0.2) is 83.0 Å². The number of nitrogens with zero attached hydrogens (tertiary/aromatic N) is 3. The second-order valence-corrected chi connectivity index (χ2v) is 8.66. The second kappa shape index (κ2) is 9.65. The number of urea groups is 1. The van der Waals surface area contributed by atoms with Crippen molar-refractivity contribution in [2.75, 3.05) is 7.11 Å². The van der Waals surface area contributed by atoms with Gasteiger partial charge in [-0.05, 0) is 61.4 Å². The Morgan fingerprint density at radius 2 is 1.83 bits per heavy atom. The lowest BCUT2D eigenvalue weighted by molar-refractivity contribution is 0.203. The Labute approximate surface area is 208 Å². The van der Waals surface area contributed by atoms with Gasteiger partial charge in [0, 0.05) is 11.3 Å². The van der Waals surface area contributed by atoms with Gasteiger partial charge in [-0.2, -0.15) is 4.98 Å². The number of allylic oxidation sites excluding steroid dienone is 1. The van der Waals surface area contributed by atoms with Crippen molar-refractivity contribution in [2.45, 2.75) is 26.4 Å². The van der Waals surface area contributed by atoms with Crippen LogP contribution in [0.3, 0.4) is 0 Å². The van der Waals surface area contributed by atoms with E-state index in [9.17, 15) is 9.18 Å². The maximum atomic E-state index is 14.1. The smallest absolute Gasteiger partial charge is 0.322 e. The zero-order valence-electron chi connectivity index (χ0n) is 20.2. The first-order valence-corrected chi connectivity index (χ1v) is 11.5. The number of hydrogen-bond acceptors (Lipinski definition) is 5. The van der Waals surface area contributed by atoms with Gasteiger partial charge in [0.2, 0.25) is 5.82 Å². The Balaban J connectivity index is 1.58. The maximum Gasteiger partial charge on any atom is 0.322 e. The van der Waals surface area contributed by atoms with Gasteiger partial charge >= 0.3 is 6.03 Å². The van der Waals surface area contributed by atoms with Crippen molar-refractivity contribution in [2.24, 2.45) is 0 Å². The van der Waals surface area contributed by atoms with Crippen LogP contribution in [0.2, 0.25) is 0 Å². The molecule has 1 N–H and O–H groups in total. The van der Waals surface area contributed by atoms with E-state index in [2.05, 4.69) is 15.5 Å². The first-order chi connectivity index (χ1) is 17.4. The number of benzene rings is 3. The zero-order chi connectivity index (χ0) is 25.2. The topological polar surface area (TPSA) is 80.5 Å². The number of methoxy groups -OCH3 is 1. The number of carbonyl (C=O) groups is 1. The van der Waals surface area contributed by atoms with Crippen LogP contribution >= 0.6 is 0 Å². The van der Waals surface area contributed by atoms with Crippen molar-refractivity contribution in [1.82, 2.24) is 20.4 Å². The molecule has 0 saturated heterocycles. The Kier molecular flexibility index (Phi) is 6.25. The van der Waals surface area contributed by atoms with E-state index < -0.39 is 11.9 Å². The quantitative estimate of drug-likeness (QED) is 0.369. The Hall–Kier alpha value is -4.46. The van der Waals surface area contributed by atoms with Gasteiger partial charge in [-0.3, -0.25) is 4.90 Å². The average Bonchev–Trinajstić information content (AvgIpc) is 3.36.